The molecule has 2 aliphatic heterocycles. The van der Waals surface area contributed by atoms with E-state index in [4.69, 9.17) is 0 Å². The van der Waals surface area contributed by atoms with E-state index >= 15 is 0 Å². The second-order valence-corrected chi connectivity index (χ2v) is 8.27. The number of pyridine rings is 1. The quantitative estimate of drug-likeness (QED) is 0.868. The van der Waals surface area contributed by atoms with E-state index in [1.807, 2.05) is 29.3 Å². The number of aliphatic hydroxyl groups excluding tert-OH is 1. The SMILES string of the molecule is O=C1CCC2(CCCN(Cc3ccc(-c4ccccn4)cc3)C2)CN1CCO. The third-order valence-electron chi connectivity index (χ3n) is 6.18. The van der Waals surface area contributed by atoms with Crippen molar-refractivity contribution in [1.82, 2.24) is 14.8 Å². The molecular weight excluding hydrogens is 350 g/mol. The molecule has 0 aliphatic carbocycles. The molecule has 2 saturated heterocycles. The maximum atomic E-state index is 12.1. The standard InChI is InChI=1S/C23H29N3O2/c27-15-14-26-18-23(11-9-22(26)28)10-3-13-25(17-23)16-19-5-7-20(8-6-19)21-4-1-2-12-24-21/h1-2,4-8,12,27H,3,9-11,13-18H2. The molecule has 2 aromatic rings. The molecule has 0 bridgehead atoms. The molecule has 1 spiro atoms. The van der Waals surface area contributed by atoms with Crippen molar-refractivity contribution in [2.24, 2.45) is 5.41 Å². The van der Waals surface area contributed by atoms with E-state index in [9.17, 15) is 9.90 Å². The lowest BCUT2D eigenvalue weighted by Crippen LogP contribution is -2.54. The Bertz CT molecular complexity index is 793. The Balaban J connectivity index is 1.41. The summed E-state index contributed by atoms with van der Waals surface area (Å²) in [6.07, 6.45) is 5.77. The fourth-order valence-electron chi connectivity index (χ4n) is 4.78. The monoisotopic (exact) mass is 379 g/mol. The number of piperidine rings is 2. The summed E-state index contributed by atoms with van der Waals surface area (Å²) in [7, 11) is 0. The Morgan fingerprint density at radius 2 is 1.93 bits per heavy atom. The third kappa shape index (κ3) is 4.26. The molecule has 148 valence electrons. The predicted molar refractivity (Wildman–Crippen MR) is 110 cm³/mol. The van der Waals surface area contributed by atoms with Crippen molar-refractivity contribution in [2.75, 3.05) is 32.8 Å². The lowest BCUT2D eigenvalue weighted by molar-refractivity contribution is -0.140. The van der Waals surface area contributed by atoms with Gasteiger partial charge in [-0.1, -0.05) is 30.3 Å². The molecule has 2 aliphatic rings. The van der Waals surface area contributed by atoms with Gasteiger partial charge < -0.3 is 10.0 Å². The van der Waals surface area contributed by atoms with E-state index in [-0.39, 0.29) is 17.9 Å². The maximum absolute atomic E-state index is 12.1. The second kappa shape index (κ2) is 8.41. The molecule has 1 atom stereocenters. The zero-order valence-electron chi connectivity index (χ0n) is 16.4. The summed E-state index contributed by atoms with van der Waals surface area (Å²) in [5.41, 5.74) is 3.65. The van der Waals surface area contributed by atoms with Gasteiger partial charge in [0.2, 0.25) is 5.91 Å². The highest BCUT2D eigenvalue weighted by Gasteiger charge is 2.41. The van der Waals surface area contributed by atoms with Gasteiger partial charge >= 0.3 is 0 Å². The van der Waals surface area contributed by atoms with E-state index < -0.39 is 0 Å². The molecule has 28 heavy (non-hydrogen) atoms. The third-order valence-corrected chi connectivity index (χ3v) is 6.18. The van der Waals surface area contributed by atoms with Crippen LogP contribution < -0.4 is 0 Å². The van der Waals surface area contributed by atoms with Crippen LogP contribution in [0.25, 0.3) is 11.3 Å². The summed E-state index contributed by atoms with van der Waals surface area (Å²) in [5.74, 6) is 0.196. The molecule has 4 rings (SSSR count). The van der Waals surface area contributed by atoms with E-state index in [0.29, 0.717) is 13.0 Å². The van der Waals surface area contributed by atoms with Crippen LogP contribution in [0.4, 0.5) is 0 Å². The predicted octanol–water partition coefficient (Wildman–Crippen LogP) is 2.95. The number of aromatic nitrogens is 1. The summed E-state index contributed by atoms with van der Waals surface area (Å²) in [4.78, 5) is 21.0. The number of carbonyl (C=O) groups is 1. The minimum atomic E-state index is 0.0498. The molecule has 1 unspecified atom stereocenters. The first-order valence-corrected chi connectivity index (χ1v) is 10.3. The molecule has 1 amide bonds. The molecule has 3 heterocycles. The maximum Gasteiger partial charge on any atom is 0.222 e. The van der Waals surface area contributed by atoms with Crippen molar-refractivity contribution in [3.63, 3.8) is 0 Å². The van der Waals surface area contributed by atoms with Crippen LogP contribution in [0, 0.1) is 5.41 Å². The van der Waals surface area contributed by atoms with Gasteiger partial charge in [0.1, 0.15) is 0 Å². The molecular formula is C23H29N3O2. The van der Waals surface area contributed by atoms with Crippen molar-refractivity contribution in [3.8, 4) is 11.3 Å². The summed E-state index contributed by atoms with van der Waals surface area (Å²) >= 11 is 0. The zero-order chi connectivity index (χ0) is 19.4. The number of hydrogen-bond donors (Lipinski definition) is 1. The number of nitrogens with zero attached hydrogens (tertiary/aromatic N) is 3. The summed E-state index contributed by atoms with van der Waals surface area (Å²) < 4.78 is 0. The zero-order valence-corrected chi connectivity index (χ0v) is 16.4. The largest absolute Gasteiger partial charge is 0.395 e. The van der Waals surface area contributed by atoms with Gasteiger partial charge in [-0.05, 0) is 43.5 Å². The lowest BCUT2D eigenvalue weighted by Gasteiger charge is -2.48. The van der Waals surface area contributed by atoms with E-state index in [1.54, 1.807) is 0 Å². The highest BCUT2D eigenvalue weighted by molar-refractivity contribution is 5.77. The Labute approximate surface area is 167 Å². The summed E-state index contributed by atoms with van der Waals surface area (Å²) in [6.45, 7) is 4.39. The van der Waals surface area contributed by atoms with Crippen molar-refractivity contribution < 1.29 is 9.90 Å². The average molecular weight is 380 g/mol. The lowest BCUT2D eigenvalue weighted by atomic mass is 9.73. The molecule has 1 aromatic carbocycles. The molecule has 0 radical (unpaired) electrons. The minimum Gasteiger partial charge on any atom is -0.395 e. The van der Waals surface area contributed by atoms with Crippen molar-refractivity contribution >= 4 is 5.91 Å². The van der Waals surface area contributed by atoms with Gasteiger partial charge in [0.15, 0.2) is 0 Å². The van der Waals surface area contributed by atoms with Crippen LogP contribution in [0.3, 0.4) is 0 Å². The highest BCUT2D eigenvalue weighted by Crippen LogP contribution is 2.39. The van der Waals surface area contributed by atoms with Crippen LogP contribution in [0.15, 0.2) is 48.7 Å². The van der Waals surface area contributed by atoms with E-state index in [1.165, 1.54) is 18.4 Å². The van der Waals surface area contributed by atoms with Crippen LogP contribution in [0.2, 0.25) is 0 Å². The fourth-order valence-corrected chi connectivity index (χ4v) is 4.78. The van der Waals surface area contributed by atoms with E-state index in [0.717, 1.165) is 43.9 Å². The van der Waals surface area contributed by atoms with Crippen LogP contribution in [0.1, 0.15) is 31.2 Å². The van der Waals surface area contributed by atoms with Gasteiger partial charge in [-0.25, -0.2) is 0 Å². The molecule has 2 fully saturated rings. The van der Waals surface area contributed by atoms with Crippen molar-refractivity contribution in [2.45, 2.75) is 32.2 Å². The molecule has 1 aromatic heterocycles. The number of aliphatic hydroxyl groups is 1. The van der Waals surface area contributed by atoms with Crippen LogP contribution in [-0.2, 0) is 11.3 Å². The number of β-amino-alcohol motifs (C(OH)–C–C–N with tert-alkyl or cyclic N) is 1. The van der Waals surface area contributed by atoms with Crippen LogP contribution in [0.5, 0.6) is 0 Å². The number of likely N-dealkylation sites (tertiary alicyclic amines) is 2. The van der Waals surface area contributed by atoms with Crippen LogP contribution in [-0.4, -0.2) is 58.6 Å². The molecule has 5 heteroatoms. The van der Waals surface area contributed by atoms with Gasteiger partial charge in [0.05, 0.1) is 12.3 Å². The van der Waals surface area contributed by atoms with Gasteiger partial charge in [-0.2, -0.15) is 0 Å². The smallest absolute Gasteiger partial charge is 0.222 e. The number of benzene rings is 1. The second-order valence-electron chi connectivity index (χ2n) is 8.27. The Morgan fingerprint density at radius 3 is 2.68 bits per heavy atom. The summed E-state index contributed by atoms with van der Waals surface area (Å²) in [5, 5.41) is 9.27. The number of carbonyl (C=O) groups excluding carboxylic acids is 1. The first-order chi connectivity index (χ1) is 13.7. The van der Waals surface area contributed by atoms with Crippen molar-refractivity contribution in [1.29, 1.82) is 0 Å². The van der Waals surface area contributed by atoms with Crippen LogP contribution >= 0.6 is 0 Å². The Hall–Kier alpha value is -2.24. The van der Waals surface area contributed by atoms with Gasteiger partial charge in [0.25, 0.3) is 0 Å². The topological polar surface area (TPSA) is 56.7 Å². The molecule has 0 saturated carbocycles. The molecule has 5 nitrogen and oxygen atoms in total. The number of rotatable bonds is 5. The van der Waals surface area contributed by atoms with Crippen molar-refractivity contribution in [3.05, 3.63) is 54.2 Å². The fraction of sp³-hybridized carbons (Fsp3) is 0.478. The minimum absolute atomic E-state index is 0.0498. The first kappa shape index (κ1) is 19.1. The van der Waals surface area contributed by atoms with Gasteiger partial charge in [0, 0.05) is 49.8 Å². The average Bonchev–Trinajstić information content (AvgIpc) is 2.73. The van der Waals surface area contributed by atoms with Gasteiger partial charge in [-0.15, -0.1) is 0 Å². The first-order valence-electron chi connectivity index (χ1n) is 10.3. The number of hydrogen-bond acceptors (Lipinski definition) is 4. The van der Waals surface area contributed by atoms with Gasteiger partial charge in [-0.3, -0.25) is 14.7 Å². The highest BCUT2D eigenvalue weighted by atomic mass is 16.3. The normalized spacial score (nSPS) is 23.3. The van der Waals surface area contributed by atoms with E-state index in [2.05, 4.69) is 34.1 Å². The number of amides is 1. The Morgan fingerprint density at radius 1 is 1.07 bits per heavy atom. The Kier molecular flexibility index (Phi) is 5.74. The molecule has 1 N–H and O–H groups in total. The summed E-state index contributed by atoms with van der Waals surface area (Å²) in [6, 6.07) is 14.7.